The van der Waals surface area contributed by atoms with Crippen molar-refractivity contribution in [2.45, 2.75) is 13.0 Å². The Balaban J connectivity index is 2.60. The Hall–Kier alpha value is -0.510. The average molecular weight is 289 g/mol. The number of hydrogen-bond donors (Lipinski definition) is 1. The van der Waals surface area contributed by atoms with E-state index in [0.717, 1.165) is 21.2 Å². The van der Waals surface area contributed by atoms with Crippen molar-refractivity contribution >= 4 is 38.5 Å². The third kappa shape index (κ3) is 2.05. The van der Waals surface area contributed by atoms with E-state index in [1.165, 1.54) is 0 Å². The minimum Gasteiger partial charge on any atom is -0.458 e. The zero-order valence-corrected chi connectivity index (χ0v) is 10.8. The van der Waals surface area contributed by atoms with Gasteiger partial charge >= 0.3 is 0 Å². The van der Waals surface area contributed by atoms with E-state index in [1.54, 1.807) is 0 Å². The SMILES string of the molecule is CNC(C)c1cc2cc(Cl)cc(Br)c2o1. The van der Waals surface area contributed by atoms with E-state index in [4.69, 9.17) is 16.0 Å². The standard InChI is InChI=1S/C11H11BrClNO/c1-6(14-2)10-4-7-3-8(13)5-9(12)11(7)15-10/h3-6,14H,1-2H3. The summed E-state index contributed by atoms with van der Waals surface area (Å²) in [5.74, 6) is 0.912. The van der Waals surface area contributed by atoms with Crippen LogP contribution in [0.25, 0.3) is 11.0 Å². The van der Waals surface area contributed by atoms with Crippen molar-refractivity contribution in [3.05, 3.63) is 33.5 Å². The van der Waals surface area contributed by atoms with Crippen LogP contribution in [-0.4, -0.2) is 7.05 Å². The number of nitrogens with one attached hydrogen (secondary N) is 1. The fourth-order valence-electron chi connectivity index (χ4n) is 1.45. The van der Waals surface area contributed by atoms with Gasteiger partial charge in [0.25, 0.3) is 0 Å². The summed E-state index contributed by atoms with van der Waals surface area (Å²) < 4.78 is 6.63. The highest BCUT2D eigenvalue weighted by atomic mass is 79.9. The Morgan fingerprint density at radius 1 is 1.40 bits per heavy atom. The van der Waals surface area contributed by atoms with E-state index < -0.39 is 0 Å². The second kappa shape index (κ2) is 4.16. The molecule has 0 aliphatic heterocycles. The lowest BCUT2D eigenvalue weighted by molar-refractivity contribution is 0.474. The number of furan rings is 1. The molecule has 2 nitrogen and oxygen atoms in total. The van der Waals surface area contributed by atoms with Gasteiger partial charge in [-0.3, -0.25) is 0 Å². The van der Waals surface area contributed by atoms with Crippen LogP contribution >= 0.6 is 27.5 Å². The Morgan fingerprint density at radius 3 is 2.80 bits per heavy atom. The summed E-state index contributed by atoms with van der Waals surface area (Å²) in [6.45, 7) is 2.05. The first-order valence-corrected chi connectivity index (χ1v) is 5.84. The minimum absolute atomic E-state index is 0.197. The number of fused-ring (bicyclic) bond motifs is 1. The molecule has 1 atom stereocenters. The zero-order valence-electron chi connectivity index (χ0n) is 8.47. The summed E-state index contributed by atoms with van der Waals surface area (Å²) in [5.41, 5.74) is 0.844. The molecule has 0 radical (unpaired) electrons. The molecule has 2 aromatic rings. The molecular formula is C11H11BrClNO. The molecule has 0 amide bonds. The van der Waals surface area contributed by atoms with Crippen molar-refractivity contribution in [2.75, 3.05) is 7.05 Å². The fourth-order valence-corrected chi connectivity index (χ4v) is 2.37. The topological polar surface area (TPSA) is 25.2 Å². The number of rotatable bonds is 2. The Morgan fingerprint density at radius 2 is 2.13 bits per heavy atom. The van der Waals surface area contributed by atoms with E-state index in [2.05, 4.69) is 21.2 Å². The molecule has 0 saturated carbocycles. The Labute approximate surface area is 102 Å². The molecule has 1 aromatic heterocycles. The molecule has 0 aliphatic carbocycles. The van der Waals surface area contributed by atoms with Crippen LogP contribution in [0, 0.1) is 0 Å². The van der Waals surface area contributed by atoms with Crippen LogP contribution in [-0.2, 0) is 0 Å². The van der Waals surface area contributed by atoms with Crippen molar-refractivity contribution < 1.29 is 4.42 Å². The van der Waals surface area contributed by atoms with Crippen LogP contribution in [0.1, 0.15) is 18.7 Å². The second-order valence-electron chi connectivity index (χ2n) is 3.47. The van der Waals surface area contributed by atoms with Crippen LogP contribution < -0.4 is 5.32 Å². The highest BCUT2D eigenvalue weighted by molar-refractivity contribution is 9.10. The predicted octanol–water partition coefficient (Wildman–Crippen LogP) is 4.13. The highest BCUT2D eigenvalue weighted by Gasteiger charge is 2.12. The molecule has 0 spiro atoms. The van der Waals surface area contributed by atoms with Gasteiger partial charge in [0.1, 0.15) is 11.3 Å². The van der Waals surface area contributed by atoms with Gasteiger partial charge in [-0.25, -0.2) is 0 Å². The summed E-state index contributed by atoms with van der Waals surface area (Å²) in [7, 11) is 1.90. The first-order chi connectivity index (χ1) is 7.11. The van der Waals surface area contributed by atoms with Gasteiger partial charge in [-0.2, -0.15) is 0 Å². The van der Waals surface area contributed by atoms with Crippen molar-refractivity contribution in [1.82, 2.24) is 5.32 Å². The van der Waals surface area contributed by atoms with Crippen LogP contribution in [0.15, 0.2) is 27.1 Å². The Bertz CT molecular complexity index is 495. The van der Waals surface area contributed by atoms with Crippen LogP contribution in [0.5, 0.6) is 0 Å². The van der Waals surface area contributed by atoms with Crippen LogP contribution in [0.3, 0.4) is 0 Å². The molecule has 0 fully saturated rings. The van der Waals surface area contributed by atoms with Crippen molar-refractivity contribution in [2.24, 2.45) is 0 Å². The van der Waals surface area contributed by atoms with E-state index >= 15 is 0 Å². The maximum Gasteiger partial charge on any atom is 0.148 e. The molecule has 1 N–H and O–H groups in total. The third-order valence-electron chi connectivity index (χ3n) is 2.41. The first-order valence-electron chi connectivity index (χ1n) is 4.67. The number of benzene rings is 1. The average Bonchev–Trinajstić information content (AvgIpc) is 2.60. The molecule has 0 bridgehead atoms. The smallest absolute Gasteiger partial charge is 0.148 e. The van der Waals surface area contributed by atoms with Gasteiger partial charge in [-0.1, -0.05) is 11.6 Å². The van der Waals surface area contributed by atoms with Gasteiger partial charge in [-0.05, 0) is 48.1 Å². The van der Waals surface area contributed by atoms with E-state index in [0.29, 0.717) is 5.02 Å². The molecule has 2 rings (SSSR count). The summed E-state index contributed by atoms with van der Waals surface area (Å²) in [4.78, 5) is 0. The molecule has 1 aromatic carbocycles. The third-order valence-corrected chi connectivity index (χ3v) is 3.22. The maximum atomic E-state index is 5.96. The maximum absolute atomic E-state index is 5.96. The monoisotopic (exact) mass is 287 g/mol. The summed E-state index contributed by atoms with van der Waals surface area (Å²) in [6, 6.07) is 5.94. The van der Waals surface area contributed by atoms with Gasteiger partial charge < -0.3 is 9.73 Å². The quantitative estimate of drug-likeness (QED) is 0.899. The summed E-state index contributed by atoms with van der Waals surface area (Å²) in [5, 5.41) is 4.86. The van der Waals surface area contributed by atoms with Gasteiger partial charge in [0.2, 0.25) is 0 Å². The largest absolute Gasteiger partial charge is 0.458 e. The van der Waals surface area contributed by atoms with E-state index in [1.807, 2.05) is 32.2 Å². The normalized spacial score (nSPS) is 13.3. The lowest BCUT2D eigenvalue weighted by Crippen LogP contribution is -2.10. The first kappa shape index (κ1) is 11.0. The Kier molecular flexibility index (Phi) is 3.05. The second-order valence-corrected chi connectivity index (χ2v) is 4.76. The van der Waals surface area contributed by atoms with Crippen molar-refractivity contribution in [3.63, 3.8) is 0 Å². The zero-order chi connectivity index (χ0) is 11.0. The van der Waals surface area contributed by atoms with E-state index in [-0.39, 0.29) is 6.04 Å². The minimum atomic E-state index is 0.197. The molecule has 1 heterocycles. The molecule has 15 heavy (non-hydrogen) atoms. The highest BCUT2D eigenvalue weighted by Crippen LogP contribution is 2.32. The van der Waals surface area contributed by atoms with Gasteiger partial charge in [0, 0.05) is 10.4 Å². The van der Waals surface area contributed by atoms with Crippen molar-refractivity contribution in [1.29, 1.82) is 0 Å². The lowest BCUT2D eigenvalue weighted by atomic mass is 10.2. The molecular weight excluding hydrogens is 277 g/mol. The number of hydrogen-bond acceptors (Lipinski definition) is 2. The fraction of sp³-hybridized carbons (Fsp3) is 0.273. The molecule has 4 heteroatoms. The van der Waals surface area contributed by atoms with E-state index in [9.17, 15) is 0 Å². The summed E-state index contributed by atoms with van der Waals surface area (Å²) >= 11 is 9.39. The molecule has 80 valence electrons. The van der Waals surface area contributed by atoms with Gasteiger partial charge in [0.15, 0.2) is 0 Å². The molecule has 0 saturated heterocycles. The van der Waals surface area contributed by atoms with Crippen LogP contribution in [0.4, 0.5) is 0 Å². The summed E-state index contributed by atoms with van der Waals surface area (Å²) in [6.07, 6.45) is 0. The predicted molar refractivity (Wildman–Crippen MR) is 66.4 cm³/mol. The molecule has 1 unspecified atom stereocenters. The van der Waals surface area contributed by atoms with Gasteiger partial charge in [0.05, 0.1) is 10.5 Å². The van der Waals surface area contributed by atoms with Gasteiger partial charge in [-0.15, -0.1) is 0 Å². The van der Waals surface area contributed by atoms with Crippen LogP contribution in [0.2, 0.25) is 5.02 Å². The lowest BCUT2D eigenvalue weighted by Gasteiger charge is -2.04. The number of halogens is 2. The molecule has 0 aliphatic rings. The van der Waals surface area contributed by atoms with Crippen molar-refractivity contribution in [3.8, 4) is 0 Å².